The number of carbonyl (C=O) groups is 2. The number of carboxylic acids is 1. The second-order valence-electron chi connectivity index (χ2n) is 4.32. The number of fused-ring (bicyclic) bond motifs is 1. The monoisotopic (exact) mass is 273 g/mol. The molecule has 20 heavy (non-hydrogen) atoms. The van der Waals surface area contributed by atoms with Gasteiger partial charge in [-0.2, -0.15) is 0 Å². The fourth-order valence-corrected chi connectivity index (χ4v) is 2.16. The summed E-state index contributed by atoms with van der Waals surface area (Å²) < 4.78 is 0. The number of pyridine rings is 1. The minimum Gasteiger partial charge on any atom is -0.478 e. The minimum atomic E-state index is -1.08. The molecule has 0 spiro atoms. The summed E-state index contributed by atoms with van der Waals surface area (Å²) in [6, 6.07) is 7.21. The van der Waals surface area contributed by atoms with Crippen molar-refractivity contribution in [2.45, 2.75) is 6.92 Å². The number of nitrogens with zero attached hydrogens (tertiary/aromatic N) is 2. The third-order valence-electron chi connectivity index (χ3n) is 3.02. The molecule has 0 aliphatic rings. The van der Waals surface area contributed by atoms with Crippen molar-refractivity contribution in [3.05, 3.63) is 36.0 Å². The third kappa shape index (κ3) is 2.54. The first kappa shape index (κ1) is 13.8. The first-order valence-electron chi connectivity index (χ1n) is 6.19. The van der Waals surface area contributed by atoms with Crippen molar-refractivity contribution in [3.63, 3.8) is 0 Å². The summed E-state index contributed by atoms with van der Waals surface area (Å²) in [5.41, 5.74) is 6.45. The van der Waals surface area contributed by atoms with Crippen LogP contribution in [0.5, 0.6) is 0 Å². The van der Waals surface area contributed by atoms with Crippen molar-refractivity contribution in [3.8, 4) is 0 Å². The molecule has 104 valence electrons. The molecule has 6 heteroatoms. The number of nitrogens with two attached hydrogens (primary N) is 1. The zero-order valence-electron chi connectivity index (χ0n) is 11.0. The standard InChI is InChI=1S/C14H15N3O3/c1-2-17(8-12(15)18)13-9-5-3-4-6-11(9)16-7-10(13)14(19)20/h3-7H,2,8H2,1H3,(H2,15,18)(H,19,20). The molecule has 1 aromatic heterocycles. The van der Waals surface area contributed by atoms with Gasteiger partial charge in [0.15, 0.2) is 0 Å². The Balaban J connectivity index is 2.71. The molecular weight excluding hydrogens is 258 g/mol. The summed E-state index contributed by atoms with van der Waals surface area (Å²) in [5, 5.41) is 10.0. The Bertz CT molecular complexity index is 670. The highest BCUT2D eigenvalue weighted by atomic mass is 16.4. The second kappa shape index (κ2) is 5.56. The van der Waals surface area contributed by atoms with Gasteiger partial charge in [0.1, 0.15) is 5.56 Å². The van der Waals surface area contributed by atoms with Crippen LogP contribution < -0.4 is 10.6 Å². The fraction of sp³-hybridized carbons (Fsp3) is 0.214. The lowest BCUT2D eigenvalue weighted by Gasteiger charge is -2.24. The van der Waals surface area contributed by atoms with E-state index in [1.54, 1.807) is 23.1 Å². The topological polar surface area (TPSA) is 96.5 Å². The van der Waals surface area contributed by atoms with Crippen LogP contribution in [0.2, 0.25) is 0 Å². The number of aromatic carboxylic acids is 1. The molecule has 2 rings (SSSR count). The average Bonchev–Trinajstić information content (AvgIpc) is 2.43. The Kier molecular flexibility index (Phi) is 3.84. The lowest BCUT2D eigenvalue weighted by molar-refractivity contribution is -0.116. The van der Waals surface area contributed by atoms with E-state index < -0.39 is 11.9 Å². The first-order chi connectivity index (χ1) is 9.54. The zero-order chi connectivity index (χ0) is 14.7. The molecule has 1 amide bonds. The summed E-state index contributed by atoms with van der Waals surface area (Å²) in [5.74, 6) is -1.59. The number of likely N-dealkylation sites (N-methyl/N-ethyl adjacent to an activating group) is 1. The molecule has 6 nitrogen and oxygen atoms in total. The predicted molar refractivity (Wildman–Crippen MR) is 75.8 cm³/mol. The van der Waals surface area contributed by atoms with E-state index in [1.165, 1.54) is 6.20 Å². The Morgan fingerprint density at radius 1 is 1.35 bits per heavy atom. The van der Waals surface area contributed by atoms with E-state index in [9.17, 15) is 14.7 Å². The first-order valence-corrected chi connectivity index (χ1v) is 6.19. The molecule has 3 N–H and O–H groups in total. The molecule has 0 aliphatic carbocycles. The number of amides is 1. The van der Waals surface area contributed by atoms with Crippen LogP contribution in [0, 0.1) is 0 Å². The van der Waals surface area contributed by atoms with Gasteiger partial charge >= 0.3 is 5.97 Å². The number of hydrogen-bond acceptors (Lipinski definition) is 4. The van der Waals surface area contributed by atoms with Crippen LogP contribution >= 0.6 is 0 Å². The second-order valence-corrected chi connectivity index (χ2v) is 4.32. The van der Waals surface area contributed by atoms with Crippen LogP contribution in [0.3, 0.4) is 0 Å². The number of anilines is 1. The number of para-hydroxylation sites is 1. The Hall–Kier alpha value is -2.63. The maximum atomic E-state index is 11.4. The van der Waals surface area contributed by atoms with Gasteiger partial charge in [0, 0.05) is 18.1 Å². The maximum absolute atomic E-state index is 11.4. The highest BCUT2D eigenvalue weighted by molar-refractivity contribution is 6.05. The summed E-state index contributed by atoms with van der Waals surface area (Å²) in [7, 11) is 0. The minimum absolute atomic E-state index is 0.0369. The van der Waals surface area contributed by atoms with Crippen LogP contribution in [-0.4, -0.2) is 35.1 Å². The lowest BCUT2D eigenvalue weighted by Crippen LogP contribution is -2.34. The van der Waals surface area contributed by atoms with Crippen LogP contribution in [0.4, 0.5) is 5.69 Å². The van der Waals surface area contributed by atoms with Gasteiger partial charge in [-0.1, -0.05) is 18.2 Å². The number of aromatic nitrogens is 1. The number of benzene rings is 1. The van der Waals surface area contributed by atoms with Crippen molar-refractivity contribution >= 4 is 28.5 Å². The fourth-order valence-electron chi connectivity index (χ4n) is 2.16. The molecule has 0 fully saturated rings. The van der Waals surface area contributed by atoms with E-state index >= 15 is 0 Å². The van der Waals surface area contributed by atoms with Crippen molar-refractivity contribution in [1.82, 2.24) is 4.98 Å². The highest BCUT2D eigenvalue weighted by Crippen LogP contribution is 2.29. The number of rotatable bonds is 5. The molecule has 0 atom stereocenters. The summed E-state index contributed by atoms with van der Waals surface area (Å²) in [6.07, 6.45) is 1.31. The molecule has 2 aromatic rings. The van der Waals surface area contributed by atoms with Crippen molar-refractivity contribution in [2.75, 3.05) is 18.0 Å². The van der Waals surface area contributed by atoms with Crippen LogP contribution in [0.1, 0.15) is 17.3 Å². The van der Waals surface area contributed by atoms with E-state index in [0.29, 0.717) is 23.1 Å². The molecule has 0 radical (unpaired) electrons. The van der Waals surface area contributed by atoms with Gasteiger partial charge in [-0.05, 0) is 13.0 Å². The largest absolute Gasteiger partial charge is 0.478 e. The Morgan fingerprint density at radius 2 is 2.05 bits per heavy atom. The summed E-state index contributed by atoms with van der Waals surface area (Å²) in [4.78, 5) is 28.3. The van der Waals surface area contributed by atoms with Crippen molar-refractivity contribution in [2.24, 2.45) is 5.73 Å². The van der Waals surface area contributed by atoms with Gasteiger partial charge in [0.05, 0.1) is 17.7 Å². The quantitative estimate of drug-likeness (QED) is 0.854. The Labute approximate surface area is 115 Å². The van der Waals surface area contributed by atoms with Gasteiger partial charge in [0.25, 0.3) is 0 Å². The van der Waals surface area contributed by atoms with Gasteiger partial charge in [-0.15, -0.1) is 0 Å². The van der Waals surface area contributed by atoms with E-state index in [2.05, 4.69) is 4.98 Å². The SMILES string of the molecule is CCN(CC(N)=O)c1c(C(=O)O)cnc2ccccc12. The third-order valence-corrected chi connectivity index (χ3v) is 3.02. The predicted octanol–water partition coefficient (Wildman–Crippen LogP) is 1.24. The van der Waals surface area contributed by atoms with Gasteiger partial charge in [-0.3, -0.25) is 9.78 Å². The zero-order valence-corrected chi connectivity index (χ0v) is 11.0. The van der Waals surface area contributed by atoms with Crippen LogP contribution in [0.25, 0.3) is 10.9 Å². The van der Waals surface area contributed by atoms with Gasteiger partial charge in [0.2, 0.25) is 5.91 Å². The van der Waals surface area contributed by atoms with E-state index in [-0.39, 0.29) is 12.1 Å². The molecule has 1 heterocycles. The van der Waals surface area contributed by atoms with E-state index in [1.807, 2.05) is 13.0 Å². The summed E-state index contributed by atoms with van der Waals surface area (Å²) in [6.45, 7) is 2.27. The molecule has 0 saturated carbocycles. The number of carboxylic acid groups (broad SMARTS) is 1. The normalized spacial score (nSPS) is 10.4. The van der Waals surface area contributed by atoms with Gasteiger partial charge in [-0.25, -0.2) is 4.79 Å². The number of hydrogen-bond donors (Lipinski definition) is 2. The van der Waals surface area contributed by atoms with E-state index in [4.69, 9.17) is 5.73 Å². The van der Waals surface area contributed by atoms with Crippen LogP contribution in [0.15, 0.2) is 30.5 Å². The molecule has 1 aromatic carbocycles. The van der Waals surface area contributed by atoms with Crippen molar-refractivity contribution < 1.29 is 14.7 Å². The molecule has 0 bridgehead atoms. The lowest BCUT2D eigenvalue weighted by atomic mass is 10.1. The van der Waals surface area contributed by atoms with Crippen LogP contribution in [-0.2, 0) is 4.79 Å². The highest BCUT2D eigenvalue weighted by Gasteiger charge is 2.20. The number of carbonyl (C=O) groups excluding carboxylic acids is 1. The smallest absolute Gasteiger partial charge is 0.339 e. The average molecular weight is 273 g/mol. The van der Waals surface area contributed by atoms with E-state index in [0.717, 1.165) is 0 Å². The number of primary amides is 1. The Morgan fingerprint density at radius 3 is 2.65 bits per heavy atom. The molecule has 0 saturated heterocycles. The summed E-state index contributed by atoms with van der Waals surface area (Å²) >= 11 is 0. The molecule has 0 unspecified atom stereocenters. The van der Waals surface area contributed by atoms with Gasteiger partial charge < -0.3 is 15.7 Å². The maximum Gasteiger partial charge on any atom is 0.339 e. The molecular formula is C14H15N3O3. The van der Waals surface area contributed by atoms with Crippen molar-refractivity contribution in [1.29, 1.82) is 0 Å². The molecule has 0 aliphatic heterocycles.